The number of rotatable bonds is 8. The molecule has 0 radical (unpaired) electrons. The van der Waals surface area contributed by atoms with Crippen molar-refractivity contribution in [3.63, 3.8) is 0 Å². The molecule has 0 bridgehead atoms. The van der Waals surface area contributed by atoms with Gasteiger partial charge in [0, 0.05) is 0 Å². The van der Waals surface area contributed by atoms with Gasteiger partial charge in [-0.3, -0.25) is 14.4 Å². The van der Waals surface area contributed by atoms with E-state index in [1.54, 1.807) is 37.8 Å². The molecule has 0 aromatic carbocycles. The second-order valence-corrected chi connectivity index (χ2v) is 5.54. The van der Waals surface area contributed by atoms with Crippen LogP contribution in [0.1, 0.15) is 26.5 Å². The van der Waals surface area contributed by atoms with Gasteiger partial charge < -0.3 is 18.8 Å². The molecule has 0 N–H and O–H groups in total. The van der Waals surface area contributed by atoms with E-state index in [-0.39, 0.29) is 25.0 Å². The predicted octanol–water partition coefficient (Wildman–Crippen LogP) is 1.37. The number of β-lactam (4-membered cyclic amide) rings is 1. The molecule has 1 amide bonds. The van der Waals surface area contributed by atoms with Gasteiger partial charge in [-0.05, 0) is 32.9 Å². The van der Waals surface area contributed by atoms with Gasteiger partial charge in [0.05, 0.1) is 37.3 Å². The summed E-state index contributed by atoms with van der Waals surface area (Å²) < 4.78 is 15.2. The maximum Gasteiger partial charge on any atom is 0.310 e. The van der Waals surface area contributed by atoms with E-state index in [2.05, 4.69) is 0 Å². The average molecular weight is 323 g/mol. The van der Waals surface area contributed by atoms with Gasteiger partial charge in [-0.1, -0.05) is 0 Å². The lowest BCUT2D eigenvalue weighted by molar-refractivity contribution is -0.179. The van der Waals surface area contributed by atoms with Gasteiger partial charge in [0.2, 0.25) is 5.91 Å². The minimum Gasteiger partial charge on any atom is -0.467 e. The number of carbonyl (C=O) groups excluding carboxylic acids is 3. The van der Waals surface area contributed by atoms with E-state index in [4.69, 9.17) is 13.9 Å². The van der Waals surface area contributed by atoms with E-state index in [1.165, 1.54) is 6.26 Å². The van der Waals surface area contributed by atoms with Crippen molar-refractivity contribution >= 4 is 18.3 Å². The number of nitrogens with zero attached hydrogens (tertiary/aromatic N) is 1. The summed E-state index contributed by atoms with van der Waals surface area (Å²) in [5.74, 6) is -1.00. The average Bonchev–Trinajstić information content (AvgIpc) is 3.02. The standard InChI is InChI=1S/C16H21NO6/c1-4-21-16(20)10(2)14-13(11(3)23-9-18)15(19)17(14)8-12-6-5-7-22-12/h5-7,9-11,13-14H,4,8H2,1-3H3. The Bertz CT molecular complexity index is 555. The van der Waals surface area contributed by atoms with Crippen molar-refractivity contribution in [1.29, 1.82) is 0 Å². The fraction of sp³-hybridized carbons (Fsp3) is 0.562. The summed E-state index contributed by atoms with van der Waals surface area (Å²) in [6.07, 6.45) is 0.925. The second kappa shape index (κ2) is 7.30. The highest BCUT2D eigenvalue weighted by Crippen LogP contribution is 2.37. The van der Waals surface area contributed by atoms with Crippen molar-refractivity contribution in [3.05, 3.63) is 24.2 Å². The number of hydrogen-bond donors (Lipinski definition) is 0. The van der Waals surface area contributed by atoms with Gasteiger partial charge in [-0.2, -0.15) is 0 Å². The Hall–Kier alpha value is -2.31. The van der Waals surface area contributed by atoms with Crippen molar-refractivity contribution in [1.82, 2.24) is 4.90 Å². The fourth-order valence-electron chi connectivity index (χ4n) is 2.99. The van der Waals surface area contributed by atoms with Gasteiger partial charge in [-0.25, -0.2) is 0 Å². The van der Waals surface area contributed by atoms with Crippen molar-refractivity contribution in [2.45, 2.75) is 39.5 Å². The van der Waals surface area contributed by atoms with Crippen LogP contribution in [0.15, 0.2) is 22.8 Å². The summed E-state index contributed by atoms with van der Waals surface area (Å²) in [7, 11) is 0. The third-order valence-corrected chi connectivity index (χ3v) is 4.15. The van der Waals surface area contributed by atoms with Crippen LogP contribution in [0.4, 0.5) is 0 Å². The summed E-state index contributed by atoms with van der Waals surface area (Å²) in [4.78, 5) is 36.6. The summed E-state index contributed by atoms with van der Waals surface area (Å²) in [5.41, 5.74) is 0. The molecule has 2 heterocycles. The monoisotopic (exact) mass is 323 g/mol. The first kappa shape index (κ1) is 17.1. The lowest BCUT2D eigenvalue weighted by Crippen LogP contribution is -2.67. The van der Waals surface area contributed by atoms with Crippen LogP contribution in [0.2, 0.25) is 0 Å². The van der Waals surface area contributed by atoms with Crippen molar-refractivity contribution in [3.8, 4) is 0 Å². The van der Waals surface area contributed by atoms with Crippen LogP contribution >= 0.6 is 0 Å². The zero-order valence-corrected chi connectivity index (χ0v) is 13.4. The Labute approximate surface area is 134 Å². The summed E-state index contributed by atoms with van der Waals surface area (Å²) in [5, 5.41) is 0. The summed E-state index contributed by atoms with van der Waals surface area (Å²) in [6, 6.07) is 3.10. The lowest BCUT2D eigenvalue weighted by Gasteiger charge is -2.50. The molecular formula is C16H21NO6. The first-order valence-corrected chi connectivity index (χ1v) is 7.59. The zero-order chi connectivity index (χ0) is 17.0. The van der Waals surface area contributed by atoms with Crippen LogP contribution in [0, 0.1) is 11.8 Å². The fourth-order valence-corrected chi connectivity index (χ4v) is 2.99. The molecule has 7 heteroatoms. The molecule has 4 unspecified atom stereocenters. The number of ether oxygens (including phenoxy) is 2. The predicted molar refractivity (Wildman–Crippen MR) is 78.9 cm³/mol. The molecule has 126 valence electrons. The second-order valence-electron chi connectivity index (χ2n) is 5.54. The van der Waals surface area contributed by atoms with Crippen LogP contribution in [0.5, 0.6) is 0 Å². The van der Waals surface area contributed by atoms with E-state index >= 15 is 0 Å². The quantitative estimate of drug-likeness (QED) is 0.408. The third-order valence-electron chi connectivity index (χ3n) is 4.15. The summed E-state index contributed by atoms with van der Waals surface area (Å²) >= 11 is 0. The largest absolute Gasteiger partial charge is 0.467 e. The van der Waals surface area contributed by atoms with Crippen LogP contribution in [0.3, 0.4) is 0 Å². The van der Waals surface area contributed by atoms with Gasteiger partial charge in [-0.15, -0.1) is 0 Å². The Kier molecular flexibility index (Phi) is 5.41. The van der Waals surface area contributed by atoms with E-state index in [0.29, 0.717) is 12.2 Å². The molecule has 0 aliphatic carbocycles. The lowest BCUT2D eigenvalue weighted by atomic mass is 9.76. The van der Waals surface area contributed by atoms with Crippen LogP contribution in [0.25, 0.3) is 0 Å². The molecule has 0 saturated carbocycles. The van der Waals surface area contributed by atoms with Gasteiger partial charge in [0.1, 0.15) is 11.9 Å². The van der Waals surface area contributed by atoms with Gasteiger partial charge >= 0.3 is 5.97 Å². The third kappa shape index (κ3) is 3.38. The van der Waals surface area contributed by atoms with E-state index in [0.717, 1.165) is 0 Å². The molecule has 1 saturated heterocycles. The maximum absolute atomic E-state index is 12.4. The highest BCUT2D eigenvalue weighted by molar-refractivity contribution is 5.89. The maximum atomic E-state index is 12.4. The molecule has 0 spiro atoms. The van der Waals surface area contributed by atoms with E-state index < -0.39 is 24.0 Å². The molecular weight excluding hydrogens is 302 g/mol. The molecule has 2 rings (SSSR count). The smallest absolute Gasteiger partial charge is 0.310 e. The van der Waals surface area contributed by atoms with Gasteiger partial charge in [0.25, 0.3) is 6.47 Å². The van der Waals surface area contributed by atoms with Crippen molar-refractivity contribution in [2.75, 3.05) is 6.61 Å². The number of furan rings is 1. The minimum absolute atomic E-state index is 0.170. The summed E-state index contributed by atoms with van der Waals surface area (Å²) in [6.45, 7) is 5.95. The Morgan fingerprint density at radius 3 is 2.78 bits per heavy atom. The highest BCUT2D eigenvalue weighted by Gasteiger charge is 2.54. The minimum atomic E-state index is -0.602. The number of esters is 1. The topological polar surface area (TPSA) is 86.0 Å². The van der Waals surface area contributed by atoms with Crippen LogP contribution in [-0.2, 0) is 30.4 Å². The Morgan fingerprint density at radius 1 is 1.48 bits per heavy atom. The van der Waals surface area contributed by atoms with Crippen molar-refractivity contribution in [2.24, 2.45) is 11.8 Å². The molecule has 1 aromatic heterocycles. The first-order valence-electron chi connectivity index (χ1n) is 7.59. The molecule has 4 atom stereocenters. The Morgan fingerprint density at radius 2 is 2.22 bits per heavy atom. The number of carbonyl (C=O) groups is 3. The number of likely N-dealkylation sites (tertiary alicyclic amines) is 1. The first-order chi connectivity index (χ1) is 11.0. The molecule has 1 aromatic rings. The molecule has 1 aliphatic rings. The normalized spacial score (nSPS) is 22.9. The molecule has 23 heavy (non-hydrogen) atoms. The molecule has 1 aliphatic heterocycles. The number of hydrogen-bond acceptors (Lipinski definition) is 6. The van der Waals surface area contributed by atoms with Crippen LogP contribution < -0.4 is 0 Å². The SMILES string of the molecule is CCOC(=O)C(C)C1C(C(C)OC=O)C(=O)N1Cc1ccco1. The van der Waals surface area contributed by atoms with E-state index in [9.17, 15) is 14.4 Å². The highest BCUT2D eigenvalue weighted by atomic mass is 16.5. The van der Waals surface area contributed by atoms with Gasteiger partial charge in [0.15, 0.2) is 0 Å². The molecule has 7 nitrogen and oxygen atoms in total. The van der Waals surface area contributed by atoms with Crippen LogP contribution in [-0.4, -0.2) is 42.0 Å². The van der Waals surface area contributed by atoms with Crippen molar-refractivity contribution < 1.29 is 28.3 Å². The number of amides is 1. The zero-order valence-electron chi connectivity index (χ0n) is 13.4. The molecule has 1 fully saturated rings. The van der Waals surface area contributed by atoms with E-state index in [1.807, 2.05) is 0 Å². The Balaban J connectivity index is 2.18.